The maximum atomic E-state index is 13.7. The summed E-state index contributed by atoms with van der Waals surface area (Å²) in [6.45, 7) is 4.68. The molecule has 6 heteroatoms. The summed E-state index contributed by atoms with van der Waals surface area (Å²) in [4.78, 5) is 29.2. The third-order valence-corrected chi connectivity index (χ3v) is 6.68. The molecule has 142 valence electrons. The van der Waals surface area contributed by atoms with Crippen LogP contribution in [0.25, 0.3) is 0 Å². The molecule has 0 bridgehead atoms. The van der Waals surface area contributed by atoms with Crippen LogP contribution in [-0.4, -0.2) is 29.0 Å². The van der Waals surface area contributed by atoms with Crippen LogP contribution in [0.5, 0.6) is 0 Å². The number of nitriles is 1. The Balaban J connectivity index is 1.78. The summed E-state index contributed by atoms with van der Waals surface area (Å²) < 4.78 is 0. The van der Waals surface area contributed by atoms with E-state index in [0.717, 1.165) is 22.6 Å². The van der Waals surface area contributed by atoms with Gasteiger partial charge in [-0.05, 0) is 23.8 Å². The van der Waals surface area contributed by atoms with Gasteiger partial charge in [0.25, 0.3) is 5.91 Å². The van der Waals surface area contributed by atoms with E-state index in [-0.39, 0.29) is 17.7 Å². The summed E-state index contributed by atoms with van der Waals surface area (Å²) in [5.74, 6) is 0.488. The number of hydrogen-bond acceptors (Lipinski definition) is 4. The Morgan fingerprint density at radius 2 is 2.04 bits per heavy atom. The average molecular weight is 391 g/mol. The number of carbonyl (C=O) groups excluding carboxylic acids is 2. The number of carbonyl (C=O) groups is 2. The van der Waals surface area contributed by atoms with Gasteiger partial charge in [0, 0.05) is 23.8 Å². The second-order valence-corrected chi connectivity index (χ2v) is 8.65. The van der Waals surface area contributed by atoms with Gasteiger partial charge in [-0.3, -0.25) is 9.59 Å². The minimum atomic E-state index is -0.981. The summed E-state index contributed by atoms with van der Waals surface area (Å²) in [6, 6.07) is 17.2. The lowest BCUT2D eigenvalue weighted by molar-refractivity contribution is -0.142. The Morgan fingerprint density at radius 3 is 2.79 bits per heavy atom. The quantitative estimate of drug-likeness (QED) is 0.803. The van der Waals surface area contributed by atoms with E-state index in [0.29, 0.717) is 18.7 Å². The molecule has 5 nitrogen and oxygen atoms in total. The van der Waals surface area contributed by atoms with Crippen molar-refractivity contribution in [1.29, 1.82) is 5.26 Å². The van der Waals surface area contributed by atoms with E-state index in [2.05, 4.69) is 6.07 Å². The van der Waals surface area contributed by atoms with Crippen LogP contribution in [0.3, 0.4) is 0 Å². The van der Waals surface area contributed by atoms with E-state index in [1.165, 1.54) is 0 Å². The number of fused-ring (bicyclic) bond motifs is 2. The zero-order valence-electron chi connectivity index (χ0n) is 15.9. The van der Waals surface area contributed by atoms with E-state index in [1.807, 2.05) is 50.2 Å². The Kier molecular flexibility index (Phi) is 4.64. The van der Waals surface area contributed by atoms with Gasteiger partial charge in [0.1, 0.15) is 0 Å². The first-order valence-corrected chi connectivity index (χ1v) is 10.3. The second kappa shape index (κ2) is 6.99. The van der Waals surface area contributed by atoms with Gasteiger partial charge in [0.15, 0.2) is 4.87 Å². The molecule has 2 amide bonds. The molecule has 1 saturated heterocycles. The van der Waals surface area contributed by atoms with Crippen LogP contribution in [-0.2, 0) is 21.0 Å². The minimum Gasteiger partial charge on any atom is -0.315 e. The molecular formula is C22H21N3O2S. The van der Waals surface area contributed by atoms with Crippen LogP contribution < -0.4 is 4.90 Å². The van der Waals surface area contributed by atoms with Gasteiger partial charge in [0.05, 0.1) is 23.9 Å². The van der Waals surface area contributed by atoms with Crippen LogP contribution in [0, 0.1) is 17.2 Å². The normalized spacial score (nSPS) is 20.7. The highest BCUT2D eigenvalue weighted by Crippen LogP contribution is 2.54. The standard InChI is InChI=1S/C22H21N3O2S/c1-15(2)20(26)25-10-11-28-22(25)18-8-3-4-9-19(18)24(21(22)27)14-17-7-5-6-16(12-17)13-23/h3-9,12,15H,10-11,14H2,1-2H3. The van der Waals surface area contributed by atoms with Gasteiger partial charge in [-0.15, -0.1) is 11.8 Å². The van der Waals surface area contributed by atoms with Gasteiger partial charge in [0.2, 0.25) is 5.91 Å². The first-order chi connectivity index (χ1) is 13.5. The number of hydrogen-bond donors (Lipinski definition) is 0. The highest BCUT2D eigenvalue weighted by Gasteiger charge is 2.59. The third-order valence-electron chi connectivity index (χ3n) is 5.26. The van der Waals surface area contributed by atoms with Crippen molar-refractivity contribution >= 4 is 29.3 Å². The van der Waals surface area contributed by atoms with Crippen molar-refractivity contribution in [3.05, 3.63) is 65.2 Å². The molecule has 0 saturated carbocycles. The fourth-order valence-corrected chi connectivity index (χ4v) is 5.45. The first kappa shape index (κ1) is 18.6. The number of amides is 2. The molecule has 0 aliphatic carbocycles. The Hall–Kier alpha value is -2.78. The van der Waals surface area contributed by atoms with Crippen LogP contribution in [0.15, 0.2) is 48.5 Å². The van der Waals surface area contributed by atoms with Crippen LogP contribution in [0.4, 0.5) is 5.69 Å². The lowest BCUT2D eigenvalue weighted by atomic mass is 10.0. The summed E-state index contributed by atoms with van der Waals surface area (Å²) >= 11 is 1.54. The molecule has 1 fully saturated rings. The molecule has 2 heterocycles. The number of rotatable bonds is 3. The second-order valence-electron chi connectivity index (χ2n) is 7.36. The monoisotopic (exact) mass is 391 g/mol. The number of anilines is 1. The molecular weight excluding hydrogens is 370 g/mol. The molecule has 1 spiro atoms. The number of thioether (sulfide) groups is 1. The van der Waals surface area contributed by atoms with E-state index in [9.17, 15) is 9.59 Å². The zero-order chi connectivity index (χ0) is 19.9. The Bertz CT molecular complexity index is 997. The van der Waals surface area contributed by atoms with Crippen LogP contribution in [0.1, 0.15) is 30.5 Å². The molecule has 1 atom stereocenters. The topological polar surface area (TPSA) is 64.4 Å². The molecule has 2 aliphatic rings. The Labute approximate surface area is 168 Å². The summed E-state index contributed by atoms with van der Waals surface area (Å²) in [6.07, 6.45) is 0. The van der Waals surface area contributed by atoms with Crippen molar-refractivity contribution in [2.75, 3.05) is 17.2 Å². The smallest absolute Gasteiger partial charge is 0.268 e. The average Bonchev–Trinajstić information content (AvgIpc) is 3.25. The van der Waals surface area contributed by atoms with Crippen molar-refractivity contribution in [2.45, 2.75) is 25.3 Å². The Morgan fingerprint density at radius 1 is 1.25 bits per heavy atom. The first-order valence-electron chi connectivity index (χ1n) is 9.35. The highest BCUT2D eigenvalue weighted by molar-refractivity contribution is 8.01. The molecule has 2 aromatic rings. The molecule has 1 unspecified atom stereocenters. The molecule has 0 radical (unpaired) electrons. The van der Waals surface area contributed by atoms with Gasteiger partial charge in [-0.1, -0.05) is 44.2 Å². The maximum Gasteiger partial charge on any atom is 0.268 e. The minimum absolute atomic E-state index is 0.00137. The van der Waals surface area contributed by atoms with Crippen molar-refractivity contribution in [3.8, 4) is 6.07 Å². The maximum absolute atomic E-state index is 13.7. The van der Waals surface area contributed by atoms with Crippen molar-refractivity contribution in [3.63, 3.8) is 0 Å². The summed E-state index contributed by atoms with van der Waals surface area (Å²) in [7, 11) is 0. The van der Waals surface area contributed by atoms with E-state index >= 15 is 0 Å². The SMILES string of the molecule is CC(C)C(=O)N1CCSC12C(=O)N(Cc1cccc(C#N)c1)c1ccccc12. The number of para-hydroxylation sites is 1. The van der Waals surface area contributed by atoms with Gasteiger partial charge < -0.3 is 9.80 Å². The van der Waals surface area contributed by atoms with Gasteiger partial charge >= 0.3 is 0 Å². The van der Waals surface area contributed by atoms with Crippen molar-refractivity contribution in [1.82, 2.24) is 4.90 Å². The number of nitrogens with zero attached hydrogens (tertiary/aromatic N) is 3. The molecule has 28 heavy (non-hydrogen) atoms. The van der Waals surface area contributed by atoms with Crippen molar-refractivity contribution in [2.24, 2.45) is 5.92 Å². The molecule has 2 aromatic carbocycles. The summed E-state index contributed by atoms with van der Waals surface area (Å²) in [5, 5.41) is 9.17. The molecule has 0 aromatic heterocycles. The molecule has 2 aliphatic heterocycles. The van der Waals surface area contributed by atoms with Gasteiger partial charge in [-0.2, -0.15) is 5.26 Å². The largest absolute Gasteiger partial charge is 0.315 e. The highest BCUT2D eigenvalue weighted by atomic mass is 32.2. The summed E-state index contributed by atoms with van der Waals surface area (Å²) in [5.41, 5.74) is 3.18. The van der Waals surface area contributed by atoms with Crippen molar-refractivity contribution < 1.29 is 9.59 Å². The lowest BCUT2D eigenvalue weighted by Gasteiger charge is -2.34. The molecule has 0 N–H and O–H groups in total. The van der Waals surface area contributed by atoms with E-state index in [4.69, 9.17) is 5.26 Å². The molecule has 4 rings (SSSR count). The predicted octanol–water partition coefficient (Wildman–Crippen LogP) is 3.49. The predicted molar refractivity (Wildman–Crippen MR) is 109 cm³/mol. The third kappa shape index (κ3) is 2.70. The fraction of sp³-hybridized carbons (Fsp3) is 0.318. The lowest BCUT2D eigenvalue weighted by Crippen LogP contribution is -2.51. The number of benzene rings is 2. The zero-order valence-corrected chi connectivity index (χ0v) is 16.7. The van der Waals surface area contributed by atoms with Crippen LogP contribution >= 0.6 is 11.8 Å². The van der Waals surface area contributed by atoms with Crippen LogP contribution in [0.2, 0.25) is 0 Å². The van der Waals surface area contributed by atoms with E-state index in [1.54, 1.807) is 33.7 Å². The van der Waals surface area contributed by atoms with E-state index < -0.39 is 4.87 Å². The fourth-order valence-electron chi connectivity index (χ4n) is 3.98. The van der Waals surface area contributed by atoms with Gasteiger partial charge in [-0.25, -0.2) is 0 Å².